The minimum absolute atomic E-state index is 0. The molecular weight excluding hydrogens is 681 g/mol. The minimum Gasteiger partial charge on any atom is -0.0984 e. The van der Waals surface area contributed by atoms with Crippen molar-refractivity contribution in [3.05, 3.63) is 148 Å². The molecule has 48 heavy (non-hydrogen) atoms. The third-order valence-corrected chi connectivity index (χ3v) is 11.4. The van der Waals surface area contributed by atoms with Crippen molar-refractivity contribution in [2.75, 3.05) is 0 Å². The normalized spacial score (nSPS) is 15.5. The average Bonchev–Trinajstić information content (AvgIpc) is 3.84. The second-order valence-corrected chi connectivity index (χ2v) is 15.5. The van der Waals surface area contributed by atoms with Crippen molar-refractivity contribution in [2.24, 2.45) is 11.8 Å². The van der Waals surface area contributed by atoms with Crippen LogP contribution in [-0.2, 0) is 17.1 Å². The Morgan fingerprint density at radius 3 is 1.29 bits per heavy atom. The van der Waals surface area contributed by atoms with Crippen molar-refractivity contribution in [3.8, 4) is 0 Å². The Morgan fingerprint density at radius 1 is 0.479 bits per heavy atom. The van der Waals surface area contributed by atoms with Crippen LogP contribution in [-0.4, -0.2) is 0 Å². The summed E-state index contributed by atoms with van der Waals surface area (Å²) in [5.41, 5.74) is 5.21. The molecule has 4 aromatic carbocycles. The van der Waals surface area contributed by atoms with Crippen LogP contribution in [0.3, 0.4) is 0 Å². The Hall–Kier alpha value is -2.59. The summed E-state index contributed by atoms with van der Waals surface area (Å²) in [7, 11) is 0. The van der Waals surface area contributed by atoms with E-state index in [0.717, 1.165) is 11.8 Å². The van der Waals surface area contributed by atoms with Gasteiger partial charge in [0, 0.05) is 36.7 Å². The number of rotatable bonds is 11. The van der Waals surface area contributed by atoms with Gasteiger partial charge in [0.15, 0.2) is 0 Å². The molecule has 4 aromatic rings. The average molecular weight is 729 g/mol. The summed E-state index contributed by atoms with van der Waals surface area (Å²) in [4.78, 5) is 5.05. The number of allylic oxidation sites excluding steroid dienone is 3. The fourth-order valence-electron chi connectivity index (χ4n) is 5.84. The minimum atomic E-state index is 0. The Balaban J connectivity index is 0.000000290. The van der Waals surface area contributed by atoms with Crippen molar-refractivity contribution in [1.82, 2.24) is 0 Å². The quantitative estimate of drug-likeness (QED) is 0.111. The van der Waals surface area contributed by atoms with Crippen LogP contribution in [0, 0.1) is 18.8 Å². The number of benzene rings is 4. The second-order valence-electron chi connectivity index (χ2n) is 12.4. The molecule has 0 amide bonds. The maximum Gasteiger partial charge on any atom is 0.0123 e. The summed E-state index contributed by atoms with van der Waals surface area (Å²) >= 11 is 5.31. The molecule has 0 saturated heterocycles. The maximum absolute atomic E-state index is 2.40. The van der Waals surface area contributed by atoms with Crippen molar-refractivity contribution >= 4 is 53.5 Å². The van der Waals surface area contributed by atoms with Crippen LogP contribution >= 0.6 is 35.3 Å². The molecule has 2 aliphatic carbocycles. The largest absolute Gasteiger partial charge is 0.0984 e. The van der Waals surface area contributed by atoms with E-state index in [0.29, 0.717) is 0 Å². The molecule has 0 heterocycles. The number of aryl methyl sites for hydroxylation is 1. The van der Waals surface area contributed by atoms with Gasteiger partial charge in [-0.05, 0) is 133 Å². The first-order valence-electron chi connectivity index (χ1n) is 17.1. The van der Waals surface area contributed by atoms with Crippen LogP contribution in [0.1, 0.15) is 80.5 Å². The molecule has 0 atom stereocenters. The molecule has 2 saturated carbocycles. The van der Waals surface area contributed by atoms with E-state index in [-0.39, 0.29) is 17.1 Å². The molecule has 4 heteroatoms. The van der Waals surface area contributed by atoms with E-state index in [1.54, 1.807) is 35.3 Å². The van der Waals surface area contributed by atoms with E-state index in [1.165, 1.54) is 93.2 Å². The van der Waals surface area contributed by atoms with Crippen LogP contribution < -0.4 is 0 Å². The Labute approximate surface area is 313 Å². The molecular formula is C44H48FeS3. The van der Waals surface area contributed by atoms with Crippen molar-refractivity contribution < 1.29 is 17.1 Å². The predicted molar refractivity (Wildman–Crippen MR) is 212 cm³/mol. The number of thioether (sulfide) groups is 2. The predicted octanol–water partition coefficient (Wildman–Crippen LogP) is 14.6. The zero-order chi connectivity index (χ0) is 32.5. The molecule has 0 spiro atoms. The summed E-state index contributed by atoms with van der Waals surface area (Å²) in [5.74, 6) is 1.63. The Kier molecular flexibility index (Phi) is 17.1. The maximum atomic E-state index is 2.40. The number of hydrogen-bond acceptors (Lipinski definition) is 3. The van der Waals surface area contributed by atoms with Crippen LogP contribution in [0.15, 0.2) is 146 Å². The van der Waals surface area contributed by atoms with E-state index in [2.05, 4.69) is 151 Å². The van der Waals surface area contributed by atoms with Gasteiger partial charge in [0.05, 0.1) is 0 Å². The molecule has 0 aromatic heterocycles. The van der Waals surface area contributed by atoms with Gasteiger partial charge in [0.2, 0.25) is 0 Å². The molecule has 6 rings (SSSR count). The fourth-order valence-corrected chi connectivity index (χ4v) is 7.91. The van der Waals surface area contributed by atoms with E-state index >= 15 is 0 Å². The molecule has 0 aliphatic heterocycles. The van der Waals surface area contributed by atoms with Gasteiger partial charge >= 0.3 is 0 Å². The van der Waals surface area contributed by atoms with Gasteiger partial charge in [-0.1, -0.05) is 145 Å². The topological polar surface area (TPSA) is 0 Å². The van der Waals surface area contributed by atoms with E-state index < -0.39 is 0 Å². The summed E-state index contributed by atoms with van der Waals surface area (Å²) in [6, 6.07) is 35.1. The smallest absolute Gasteiger partial charge is 0.0123 e. The summed E-state index contributed by atoms with van der Waals surface area (Å²) < 4.78 is 0. The van der Waals surface area contributed by atoms with Crippen LogP contribution in [0.25, 0.3) is 18.2 Å². The molecule has 0 N–H and O–H groups in total. The van der Waals surface area contributed by atoms with Crippen molar-refractivity contribution in [1.29, 1.82) is 0 Å². The molecule has 0 unspecified atom stereocenters. The van der Waals surface area contributed by atoms with Gasteiger partial charge in [-0.3, -0.25) is 0 Å². The zero-order valence-electron chi connectivity index (χ0n) is 28.2. The summed E-state index contributed by atoms with van der Waals surface area (Å²) in [6.45, 7) is 4.17. The van der Waals surface area contributed by atoms with Gasteiger partial charge in [-0.25, -0.2) is 0 Å². The van der Waals surface area contributed by atoms with Gasteiger partial charge in [0.25, 0.3) is 0 Å². The molecule has 0 bridgehead atoms. The summed E-state index contributed by atoms with van der Waals surface area (Å²) in [5, 5.41) is 4.28. The molecule has 2 aliphatic rings. The van der Waals surface area contributed by atoms with Gasteiger partial charge in [0.1, 0.15) is 0 Å². The summed E-state index contributed by atoms with van der Waals surface area (Å²) in [6.07, 6.45) is 24.7. The van der Waals surface area contributed by atoms with Gasteiger partial charge < -0.3 is 0 Å². The first-order chi connectivity index (χ1) is 23.1. The third-order valence-electron chi connectivity index (χ3n) is 8.62. The SMILES string of the molecule is CC=CSc1ccc(Sc2ccc(SC=Cc3ccc(/C=C/C4CCCC4)cc3)cc2)cc1.Cc1ccc(/C=C/C2CCCC2)cc1.[Fe]. The Bertz CT molecular complexity index is 1590. The molecule has 2 fully saturated rings. The third kappa shape index (κ3) is 13.7. The van der Waals surface area contributed by atoms with Gasteiger partial charge in [-0.15, -0.1) is 0 Å². The van der Waals surface area contributed by atoms with E-state index in [9.17, 15) is 0 Å². The Morgan fingerprint density at radius 2 is 0.854 bits per heavy atom. The van der Waals surface area contributed by atoms with Crippen molar-refractivity contribution in [3.63, 3.8) is 0 Å². The van der Waals surface area contributed by atoms with Crippen LogP contribution in [0.5, 0.6) is 0 Å². The molecule has 0 radical (unpaired) electrons. The molecule has 0 nitrogen and oxygen atoms in total. The van der Waals surface area contributed by atoms with Crippen molar-refractivity contribution in [2.45, 2.75) is 84.8 Å². The fraction of sp³-hybridized carbons (Fsp3) is 0.273. The van der Waals surface area contributed by atoms with E-state index in [1.807, 2.05) is 6.92 Å². The second kappa shape index (κ2) is 21.5. The molecule has 250 valence electrons. The first-order valence-corrected chi connectivity index (χ1v) is 19.7. The standard InChI is InChI=1S/C30H30S3.C14H18.Fe/c1-2-22-31-27-13-17-29(18-14-27)33-30-19-15-28(16-20-30)32-23-21-26-11-9-25(10-12-26)8-7-24-5-3-4-6-24;1-12-6-8-14(9-7-12)11-10-13-4-2-3-5-13;/h2,7-24H,3-6H2,1H3;6-11,13H,2-5H2,1H3;/b8-7+,22-2?,23-21?;11-10+;. The first kappa shape index (κ1) is 38.2. The van der Waals surface area contributed by atoms with E-state index in [4.69, 9.17) is 0 Å². The number of hydrogen-bond donors (Lipinski definition) is 0. The zero-order valence-corrected chi connectivity index (χ0v) is 31.8. The monoisotopic (exact) mass is 728 g/mol. The van der Waals surface area contributed by atoms with Crippen LogP contribution in [0.2, 0.25) is 0 Å². The van der Waals surface area contributed by atoms with Gasteiger partial charge in [-0.2, -0.15) is 0 Å². The van der Waals surface area contributed by atoms with Crippen LogP contribution in [0.4, 0.5) is 0 Å².